The summed E-state index contributed by atoms with van der Waals surface area (Å²) >= 11 is 10.7. The van der Waals surface area contributed by atoms with Gasteiger partial charge in [-0.25, -0.2) is 8.78 Å². The van der Waals surface area contributed by atoms with E-state index < -0.39 is 4.32 Å². The highest BCUT2D eigenvalue weighted by atomic mass is 127. The molecule has 1 aliphatic carbocycles. The number of hydrogen-bond donors (Lipinski definition) is 0. The SMILES string of the molecule is FC1=C(I)C=CC(Br)(c2c(Br)ccc(I)c2F)C1. The number of alkyl halides is 1. The van der Waals surface area contributed by atoms with Gasteiger partial charge in [0.2, 0.25) is 0 Å². The maximum absolute atomic E-state index is 14.3. The van der Waals surface area contributed by atoms with Gasteiger partial charge in [-0.15, -0.1) is 0 Å². The smallest absolute Gasteiger partial charge is 0.142 e. The second kappa shape index (κ2) is 5.77. The Morgan fingerprint density at radius 3 is 2.50 bits per heavy atom. The molecule has 0 fully saturated rings. The normalized spacial score (nSPS) is 23.7. The van der Waals surface area contributed by atoms with Crippen LogP contribution >= 0.6 is 77.0 Å². The fourth-order valence-electron chi connectivity index (χ4n) is 1.74. The van der Waals surface area contributed by atoms with Gasteiger partial charge in [0.05, 0.1) is 4.32 Å². The summed E-state index contributed by atoms with van der Waals surface area (Å²) < 4.78 is 28.9. The Balaban J connectivity index is 2.57. The summed E-state index contributed by atoms with van der Waals surface area (Å²) in [5, 5.41) is 0. The third-order valence-electron chi connectivity index (χ3n) is 2.63. The van der Waals surface area contributed by atoms with Crippen LogP contribution in [0.1, 0.15) is 12.0 Å². The zero-order valence-corrected chi connectivity index (χ0v) is 16.3. The third-order valence-corrected chi connectivity index (χ3v) is 6.01. The molecule has 0 spiro atoms. The van der Waals surface area contributed by atoms with E-state index in [1.807, 2.05) is 45.2 Å². The number of allylic oxidation sites excluding steroid dienone is 4. The molecule has 1 atom stereocenters. The van der Waals surface area contributed by atoms with Crippen molar-refractivity contribution in [3.05, 3.63) is 53.1 Å². The Hall–Kier alpha value is 0.980. The molecule has 0 radical (unpaired) electrons. The van der Waals surface area contributed by atoms with Gasteiger partial charge < -0.3 is 0 Å². The molecule has 96 valence electrons. The van der Waals surface area contributed by atoms with E-state index in [0.29, 0.717) is 17.2 Å². The van der Waals surface area contributed by atoms with Crippen molar-refractivity contribution in [1.29, 1.82) is 0 Å². The molecular formula is C12H6Br2F2I2. The average Bonchev–Trinajstić information content (AvgIpc) is 2.30. The van der Waals surface area contributed by atoms with Crippen LogP contribution in [0.2, 0.25) is 0 Å². The van der Waals surface area contributed by atoms with E-state index >= 15 is 0 Å². The van der Waals surface area contributed by atoms with Gasteiger partial charge in [0.1, 0.15) is 11.6 Å². The molecule has 1 unspecified atom stereocenters. The third kappa shape index (κ3) is 2.85. The van der Waals surface area contributed by atoms with E-state index in [-0.39, 0.29) is 18.1 Å². The zero-order valence-electron chi connectivity index (χ0n) is 8.78. The first-order valence-corrected chi connectivity index (χ1v) is 8.66. The molecule has 0 saturated heterocycles. The molecule has 0 bridgehead atoms. The Labute approximate surface area is 148 Å². The van der Waals surface area contributed by atoms with Crippen LogP contribution < -0.4 is 0 Å². The van der Waals surface area contributed by atoms with Gasteiger partial charge in [-0.1, -0.05) is 37.9 Å². The standard InChI is InChI=1S/C12H6Br2F2I2/c13-6-1-2-9(18)11(16)10(6)12(14)4-3-8(17)7(15)5-12/h1-4H,5H2. The fourth-order valence-corrected chi connectivity index (χ4v) is 4.26. The minimum absolute atomic E-state index is 0.109. The lowest BCUT2D eigenvalue weighted by Crippen LogP contribution is -2.21. The van der Waals surface area contributed by atoms with Gasteiger partial charge in [0, 0.05) is 23.6 Å². The molecular weight excluding hydrogens is 596 g/mol. The monoisotopic (exact) mass is 600 g/mol. The van der Waals surface area contributed by atoms with Crippen LogP contribution in [-0.2, 0) is 4.32 Å². The van der Waals surface area contributed by atoms with Crippen molar-refractivity contribution in [3.63, 3.8) is 0 Å². The fraction of sp³-hybridized carbons (Fsp3) is 0.167. The molecule has 0 amide bonds. The first-order chi connectivity index (χ1) is 8.35. The lowest BCUT2D eigenvalue weighted by molar-refractivity contribution is 0.527. The summed E-state index contributed by atoms with van der Waals surface area (Å²) in [5.41, 5.74) is 0.435. The molecule has 1 aromatic rings. The molecule has 2 rings (SSSR count). The van der Waals surface area contributed by atoms with Crippen molar-refractivity contribution < 1.29 is 8.78 Å². The predicted molar refractivity (Wildman–Crippen MR) is 93.3 cm³/mol. The van der Waals surface area contributed by atoms with E-state index in [1.165, 1.54) is 0 Å². The van der Waals surface area contributed by atoms with Crippen molar-refractivity contribution in [1.82, 2.24) is 0 Å². The predicted octanol–water partition coefficient (Wildman–Crippen LogP) is 6.36. The lowest BCUT2D eigenvalue weighted by Gasteiger charge is -2.28. The number of hydrogen-bond acceptors (Lipinski definition) is 0. The minimum Gasteiger partial charge on any atom is -0.211 e. The van der Waals surface area contributed by atoms with Gasteiger partial charge in [-0.3, -0.25) is 0 Å². The zero-order chi connectivity index (χ0) is 13.5. The van der Waals surface area contributed by atoms with Gasteiger partial charge >= 0.3 is 0 Å². The molecule has 0 aromatic heterocycles. The lowest BCUT2D eigenvalue weighted by atomic mass is 9.91. The Kier molecular flexibility index (Phi) is 4.93. The van der Waals surface area contributed by atoms with Crippen LogP contribution in [0.4, 0.5) is 8.78 Å². The van der Waals surface area contributed by atoms with E-state index in [1.54, 1.807) is 24.3 Å². The summed E-state index contributed by atoms with van der Waals surface area (Å²) in [6.07, 6.45) is 3.56. The van der Waals surface area contributed by atoms with Gasteiger partial charge in [-0.2, -0.15) is 0 Å². The minimum atomic E-state index is -0.837. The Bertz CT molecular complexity index is 569. The Morgan fingerprint density at radius 1 is 1.22 bits per heavy atom. The highest BCUT2D eigenvalue weighted by molar-refractivity contribution is 14.1. The van der Waals surface area contributed by atoms with E-state index in [4.69, 9.17) is 0 Å². The number of benzene rings is 1. The highest BCUT2D eigenvalue weighted by Gasteiger charge is 2.36. The van der Waals surface area contributed by atoms with E-state index in [0.717, 1.165) is 0 Å². The topological polar surface area (TPSA) is 0 Å². The average molecular weight is 602 g/mol. The van der Waals surface area contributed by atoms with Crippen LogP contribution in [-0.4, -0.2) is 0 Å². The highest BCUT2D eigenvalue weighted by Crippen LogP contribution is 2.48. The first-order valence-electron chi connectivity index (χ1n) is 4.91. The molecule has 1 aromatic carbocycles. The summed E-state index contributed by atoms with van der Waals surface area (Å²) in [6, 6.07) is 3.46. The molecule has 18 heavy (non-hydrogen) atoms. The van der Waals surface area contributed by atoms with Gasteiger partial charge in [0.25, 0.3) is 0 Å². The van der Waals surface area contributed by atoms with Crippen LogP contribution in [0.3, 0.4) is 0 Å². The quantitative estimate of drug-likeness (QED) is 0.200. The molecule has 0 aliphatic heterocycles. The maximum Gasteiger partial charge on any atom is 0.142 e. The molecule has 0 saturated carbocycles. The first kappa shape index (κ1) is 15.4. The molecule has 0 heterocycles. The second-order valence-corrected chi connectivity index (χ2v) is 8.44. The summed E-state index contributed by atoms with van der Waals surface area (Å²) in [5.74, 6) is -0.559. The number of rotatable bonds is 1. The van der Waals surface area contributed by atoms with Crippen molar-refractivity contribution in [2.45, 2.75) is 10.7 Å². The van der Waals surface area contributed by atoms with Crippen molar-refractivity contribution in [2.75, 3.05) is 0 Å². The van der Waals surface area contributed by atoms with E-state index in [9.17, 15) is 8.78 Å². The molecule has 0 nitrogen and oxygen atoms in total. The second-order valence-electron chi connectivity index (χ2n) is 3.84. The largest absolute Gasteiger partial charge is 0.211 e. The van der Waals surface area contributed by atoms with Gasteiger partial charge in [-0.05, 0) is 63.4 Å². The van der Waals surface area contributed by atoms with Crippen LogP contribution in [0, 0.1) is 9.39 Å². The molecule has 0 N–H and O–H groups in total. The summed E-state index contributed by atoms with van der Waals surface area (Å²) in [6.45, 7) is 0. The van der Waals surface area contributed by atoms with Crippen molar-refractivity contribution in [2.24, 2.45) is 0 Å². The number of halogens is 6. The maximum atomic E-state index is 14.3. The van der Waals surface area contributed by atoms with Crippen LogP contribution in [0.5, 0.6) is 0 Å². The van der Waals surface area contributed by atoms with E-state index in [2.05, 4.69) is 31.9 Å². The Morgan fingerprint density at radius 2 is 1.89 bits per heavy atom. The van der Waals surface area contributed by atoms with Crippen molar-refractivity contribution in [3.8, 4) is 0 Å². The van der Waals surface area contributed by atoms with Gasteiger partial charge in [0.15, 0.2) is 0 Å². The van der Waals surface area contributed by atoms with Crippen molar-refractivity contribution >= 4 is 77.0 Å². The molecule has 6 heteroatoms. The van der Waals surface area contributed by atoms with Crippen LogP contribution in [0.25, 0.3) is 0 Å². The van der Waals surface area contributed by atoms with Crippen LogP contribution in [0.15, 0.2) is 38.2 Å². The summed E-state index contributed by atoms with van der Waals surface area (Å²) in [7, 11) is 0. The molecule has 1 aliphatic rings. The summed E-state index contributed by atoms with van der Waals surface area (Å²) in [4.78, 5) is 0.